The Morgan fingerprint density at radius 1 is 0.839 bits per heavy atom. The Kier molecular flexibility index (Phi) is 4.01. The number of thiophene rings is 1. The molecule has 0 aliphatic rings. The van der Waals surface area contributed by atoms with Crippen molar-refractivity contribution in [1.29, 1.82) is 10.5 Å². The summed E-state index contributed by atoms with van der Waals surface area (Å²) in [4.78, 5) is 7.91. The number of aryl methyl sites for hydroxylation is 1. The van der Waals surface area contributed by atoms with Gasteiger partial charge in [-0.3, -0.25) is 0 Å². The summed E-state index contributed by atoms with van der Waals surface area (Å²) in [6.07, 6.45) is -1.24. The number of alkyl halides is 3. The van der Waals surface area contributed by atoms with Gasteiger partial charge in [-0.1, -0.05) is 17.7 Å². The van der Waals surface area contributed by atoms with Crippen molar-refractivity contribution in [2.24, 2.45) is 9.98 Å². The highest BCUT2D eigenvalue weighted by molar-refractivity contribution is 7.26. The van der Waals surface area contributed by atoms with Crippen LogP contribution in [-0.4, -0.2) is 6.36 Å². The van der Waals surface area contributed by atoms with E-state index >= 15 is 0 Å². The molecule has 0 unspecified atom stereocenters. The summed E-state index contributed by atoms with van der Waals surface area (Å²) >= 11 is 1.32. The average molecular weight is 434 g/mol. The quantitative estimate of drug-likeness (QED) is 0.340. The first-order chi connectivity index (χ1) is 14.8. The highest BCUT2D eigenvalue weighted by Crippen LogP contribution is 2.42. The van der Waals surface area contributed by atoms with Gasteiger partial charge in [-0.2, -0.15) is 20.5 Å². The largest absolute Gasteiger partial charge is 0.573 e. The van der Waals surface area contributed by atoms with E-state index in [2.05, 4.69) is 14.7 Å². The van der Waals surface area contributed by atoms with Crippen LogP contribution in [0.25, 0.3) is 41.7 Å². The third-order valence-corrected chi connectivity index (χ3v) is 6.31. The van der Waals surface area contributed by atoms with Gasteiger partial charge in [0, 0.05) is 21.5 Å². The maximum atomic E-state index is 12.7. The van der Waals surface area contributed by atoms with Gasteiger partial charge >= 0.3 is 6.36 Å². The molecule has 150 valence electrons. The van der Waals surface area contributed by atoms with Crippen LogP contribution in [0.3, 0.4) is 0 Å². The highest BCUT2D eigenvalue weighted by Gasteiger charge is 2.31. The molecule has 31 heavy (non-hydrogen) atoms. The fourth-order valence-electron chi connectivity index (χ4n) is 4.05. The summed E-state index contributed by atoms with van der Waals surface area (Å²) < 4.78 is 43.6. The minimum absolute atomic E-state index is 0.282. The summed E-state index contributed by atoms with van der Waals surface area (Å²) in [6, 6.07) is 9.86. The normalized spacial score (nSPS) is 13.5. The van der Waals surface area contributed by atoms with Crippen LogP contribution in [0.15, 0.2) is 46.4 Å². The van der Waals surface area contributed by atoms with Crippen LogP contribution in [-0.2, 0) is 0 Å². The molecule has 0 aliphatic carbocycles. The number of nitriles is 2. The molecular weight excluding hydrogens is 425 g/mol. The van der Waals surface area contributed by atoms with Crippen molar-refractivity contribution in [2.45, 2.75) is 13.3 Å². The van der Waals surface area contributed by atoms with Crippen LogP contribution in [0.1, 0.15) is 5.56 Å². The molecule has 0 saturated heterocycles. The fourth-order valence-corrected chi connectivity index (χ4v) is 5.39. The molecule has 5 nitrogen and oxygen atoms in total. The van der Waals surface area contributed by atoms with Gasteiger partial charge in [0.05, 0.1) is 9.40 Å². The monoisotopic (exact) mass is 434 g/mol. The molecule has 0 spiro atoms. The molecule has 0 radical (unpaired) electrons. The van der Waals surface area contributed by atoms with Gasteiger partial charge in [0.25, 0.3) is 0 Å². The number of ether oxygens (including phenoxy) is 1. The van der Waals surface area contributed by atoms with Crippen LogP contribution in [0.5, 0.6) is 5.75 Å². The molecule has 0 atom stereocenters. The molecule has 1 aromatic heterocycles. The van der Waals surface area contributed by atoms with Crippen molar-refractivity contribution in [1.82, 2.24) is 0 Å². The molecule has 4 aromatic carbocycles. The molecule has 0 aliphatic heterocycles. The van der Waals surface area contributed by atoms with E-state index in [4.69, 9.17) is 0 Å². The van der Waals surface area contributed by atoms with Gasteiger partial charge in [-0.15, -0.1) is 24.5 Å². The summed E-state index contributed by atoms with van der Waals surface area (Å²) in [5, 5.41) is 23.6. The molecule has 0 fully saturated rings. The van der Waals surface area contributed by atoms with Gasteiger partial charge in [0.2, 0.25) is 12.4 Å². The number of benzene rings is 2. The van der Waals surface area contributed by atoms with Gasteiger partial charge in [0.1, 0.15) is 16.5 Å². The zero-order valence-electron chi connectivity index (χ0n) is 15.7. The Labute approximate surface area is 175 Å². The molecule has 0 N–H and O–H groups in total. The second-order valence-corrected chi connectivity index (χ2v) is 7.96. The zero-order valence-corrected chi connectivity index (χ0v) is 16.5. The molecule has 5 aromatic rings. The van der Waals surface area contributed by atoms with E-state index in [0.717, 1.165) is 31.8 Å². The summed E-state index contributed by atoms with van der Waals surface area (Å²) in [5.41, 5.74) is 1.01. The first-order valence-electron chi connectivity index (χ1n) is 8.95. The minimum atomic E-state index is -4.83. The Balaban J connectivity index is 2.00. The standard InChI is InChI=1S/C22H9F3N4OS/c1-10-2-4-12-14(6-10)18(28-8-26)20-16(12)17-13-5-3-11(30-22(23,24)25)7-15(13)19(29-9-27)21(17)31-20/h2-7H,1H3/b28-18-,29-19+. The highest BCUT2D eigenvalue weighted by atomic mass is 32.1. The lowest BCUT2D eigenvalue weighted by Crippen LogP contribution is -2.17. The van der Waals surface area contributed by atoms with Crippen LogP contribution < -0.4 is 15.5 Å². The second-order valence-electron chi connectivity index (χ2n) is 6.94. The third-order valence-electron chi connectivity index (χ3n) is 5.11. The molecule has 5 rings (SSSR count). The Morgan fingerprint density at radius 2 is 1.39 bits per heavy atom. The Bertz CT molecular complexity index is 1740. The van der Waals surface area contributed by atoms with Crippen molar-refractivity contribution < 1.29 is 17.9 Å². The lowest BCUT2D eigenvalue weighted by atomic mass is 10.1. The SMILES string of the molecule is Cc1ccc2c(c1)/c(=N/C#N)c1sc3/c(=N/C#N)c4cc(OC(F)(F)F)ccc4c3c12. The fraction of sp³-hybridized carbons (Fsp3) is 0.0909. The molecule has 9 heteroatoms. The molecule has 0 saturated carbocycles. The van der Waals surface area contributed by atoms with Crippen molar-refractivity contribution >= 4 is 53.1 Å². The maximum Gasteiger partial charge on any atom is 0.573 e. The average Bonchev–Trinajstić information content (AvgIpc) is 3.29. The number of rotatable bonds is 1. The lowest BCUT2D eigenvalue weighted by Gasteiger charge is -2.08. The number of hydrogen-bond donors (Lipinski definition) is 0. The zero-order chi connectivity index (χ0) is 21.9. The number of halogens is 3. The van der Waals surface area contributed by atoms with Gasteiger partial charge in [-0.05, 0) is 42.0 Å². The van der Waals surface area contributed by atoms with Crippen LogP contribution in [0.2, 0.25) is 0 Å². The van der Waals surface area contributed by atoms with Gasteiger partial charge < -0.3 is 4.74 Å². The van der Waals surface area contributed by atoms with Crippen molar-refractivity contribution in [3.05, 3.63) is 52.7 Å². The lowest BCUT2D eigenvalue weighted by molar-refractivity contribution is -0.274. The van der Waals surface area contributed by atoms with E-state index in [0.29, 0.717) is 20.8 Å². The molecule has 1 heterocycles. The van der Waals surface area contributed by atoms with E-state index in [1.807, 2.05) is 31.3 Å². The predicted octanol–water partition coefficient (Wildman–Crippen LogP) is 5.21. The number of hydrogen-bond acceptors (Lipinski definition) is 6. The van der Waals surface area contributed by atoms with Crippen LogP contribution in [0.4, 0.5) is 13.2 Å². The number of nitrogens with zero attached hydrogens (tertiary/aromatic N) is 4. The summed E-state index contributed by atoms with van der Waals surface area (Å²) in [5.74, 6) is -0.383. The minimum Gasteiger partial charge on any atom is -0.406 e. The summed E-state index contributed by atoms with van der Waals surface area (Å²) in [7, 11) is 0. The van der Waals surface area contributed by atoms with Crippen LogP contribution >= 0.6 is 11.3 Å². The van der Waals surface area contributed by atoms with E-state index in [1.54, 1.807) is 6.19 Å². The number of fused-ring (bicyclic) bond motifs is 7. The second kappa shape index (κ2) is 6.53. The van der Waals surface area contributed by atoms with Gasteiger partial charge in [-0.25, -0.2) is 0 Å². The predicted molar refractivity (Wildman–Crippen MR) is 110 cm³/mol. The van der Waals surface area contributed by atoms with Gasteiger partial charge in [0.15, 0.2) is 0 Å². The smallest absolute Gasteiger partial charge is 0.406 e. The first kappa shape index (κ1) is 19.0. The van der Waals surface area contributed by atoms with E-state index in [9.17, 15) is 23.7 Å². The molecule has 0 bridgehead atoms. The van der Waals surface area contributed by atoms with E-state index in [1.165, 1.54) is 29.5 Å². The Hall–Kier alpha value is -3.95. The topological polar surface area (TPSA) is 81.5 Å². The third kappa shape index (κ3) is 2.82. The maximum absolute atomic E-state index is 12.7. The van der Waals surface area contributed by atoms with E-state index < -0.39 is 6.36 Å². The van der Waals surface area contributed by atoms with Crippen molar-refractivity contribution in [3.63, 3.8) is 0 Å². The first-order valence-corrected chi connectivity index (χ1v) is 9.77. The molecular formula is C22H9F3N4OS. The van der Waals surface area contributed by atoms with E-state index in [-0.39, 0.29) is 11.1 Å². The molecule has 0 amide bonds. The Morgan fingerprint density at radius 3 is 1.94 bits per heavy atom. The summed E-state index contributed by atoms with van der Waals surface area (Å²) in [6.45, 7) is 1.94. The van der Waals surface area contributed by atoms with Crippen molar-refractivity contribution in [3.8, 4) is 18.1 Å². The van der Waals surface area contributed by atoms with Crippen molar-refractivity contribution in [2.75, 3.05) is 0 Å². The van der Waals surface area contributed by atoms with Crippen LogP contribution in [0, 0.1) is 29.8 Å².